The van der Waals surface area contributed by atoms with E-state index in [2.05, 4.69) is 14.8 Å². The first-order valence-electron chi connectivity index (χ1n) is 10.1. The van der Waals surface area contributed by atoms with Crippen LogP contribution in [0.5, 0.6) is 0 Å². The monoisotopic (exact) mass is 360 g/mol. The molecular formula is C20H32N4O2. The van der Waals surface area contributed by atoms with Gasteiger partial charge in [0.2, 0.25) is 11.5 Å². The molecule has 1 N–H and O–H groups in total. The number of carbonyl (C=O) groups is 1. The largest absolute Gasteiger partial charge is 0.339 e. The summed E-state index contributed by atoms with van der Waals surface area (Å²) in [5.41, 5.74) is 2.13. The van der Waals surface area contributed by atoms with Gasteiger partial charge < -0.3 is 9.88 Å². The minimum Gasteiger partial charge on any atom is -0.339 e. The molecule has 1 saturated heterocycles. The standard InChI is InChI=1S/C18H26N4O2.C2H6/c23-17-5-4-14-12-20(7-6-16(14)19-17)13-18(24)22-10-8-21(9-11-22)15-2-1-3-15;1-2/h4-5,15H,1-3,6-13H2,(H,19,23);1-2H3. The molecule has 144 valence electrons. The van der Waals surface area contributed by atoms with Gasteiger partial charge in [0.15, 0.2) is 0 Å². The molecule has 3 heterocycles. The van der Waals surface area contributed by atoms with Crippen molar-refractivity contribution in [1.29, 1.82) is 0 Å². The van der Waals surface area contributed by atoms with Crippen LogP contribution in [0.25, 0.3) is 0 Å². The van der Waals surface area contributed by atoms with Gasteiger partial charge in [-0.1, -0.05) is 26.3 Å². The number of aromatic amines is 1. The van der Waals surface area contributed by atoms with E-state index in [1.165, 1.54) is 19.3 Å². The molecule has 1 amide bonds. The van der Waals surface area contributed by atoms with E-state index in [1.807, 2.05) is 24.8 Å². The van der Waals surface area contributed by atoms with E-state index in [1.54, 1.807) is 6.07 Å². The maximum Gasteiger partial charge on any atom is 0.248 e. The zero-order valence-corrected chi connectivity index (χ0v) is 16.2. The molecule has 1 aromatic rings. The SMILES string of the molecule is CC.O=C(CN1CCc2[nH]c(=O)ccc2C1)N1CCN(C2CCC2)CC1. The highest BCUT2D eigenvalue weighted by atomic mass is 16.2. The Hall–Kier alpha value is -1.66. The number of rotatable bonds is 3. The number of H-pyrrole nitrogens is 1. The summed E-state index contributed by atoms with van der Waals surface area (Å²) < 4.78 is 0. The Kier molecular flexibility index (Phi) is 6.48. The molecule has 1 saturated carbocycles. The summed E-state index contributed by atoms with van der Waals surface area (Å²) >= 11 is 0. The summed E-state index contributed by atoms with van der Waals surface area (Å²) in [6.07, 6.45) is 4.85. The van der Waals surface area contributed by atoms with Gasteiger partial charge in [0, 0.05) is 63.5 Å². The number of nitrogens with one attached hydrogen (secondary N) is 1. The van der Waals surface area contributed by atoms with Crippen LogP contribution in [-0.2, 0) is 17.8 Å². The van der Waals surface area contributed by atoms with Crippen molar-refractivity contribution < 1.29 is 4.79 Å². The molecule has 0 aromatic carbocycles. The van der Waals surface area contributed by atoms with Gasteiger partial charge in [0.25, 0.3) is 0 Å². The molecule has 6 heteroatoms. The summed E-state index contributed by atoms with van der Waals surface area (Å²) in [6, 6.07) is 4.24. The molecule has 0 bridgehead atoms. The first kappa shape index (κ1) is 19.1. The Morgan fingerprint density at radius 3 is 2.50 bits per heavy atom. The van der Waals surface area contributed by atoms with Crippen molar-refractivity contribution in [1.82, 2.24) is 19.7 Å². The molecule has 0 spiro atoms. The first-order chi connectivity index (χ1) is 12.7. The molecule has 4 rings (SSSR count). The minimum absolute atomic E-state index is 0.0392. The van der Waals surface area contributed by atoms with E-state index in [0.717, 1.165) is 63.0 Å². The third-order valence-corrected chi connectivity index (χ3v) is 5.79. The van der Waals surface area contributed by atoms with Crippen molar-refractivity contribution in [3.05, 3.63) is 33.7 Å². The van der Waals surface area contributed by atoms with Crippen molar-refractivity contribution in [3.63, 3.8) is 0 Å². The van der Waals surface area contributed by atoms with E-state index in [9.17, 15) is 9.59 Å². The Morgan fingerprint density at radius 2 is 1.85 bits per heavy atom. The molecule has 2 aliphatic heterocycles. The van der Waals surface area contributed by atoms with Crippen LogP contribution in [0.2, 0.25) is 0 Å². The van der Waals surface area contributed by atoms with Gasteiger partial charge in [-0.05, 0) is 18.4 Å². The fourth-order valence-corrected chi connectivity index (χ4v) is 4.02. The lowest BCUT2D eigenvalue weighted by Crippen LogP contribution is -2.55. The van der Waals surface area contributed by atoms with Gasteiger partial charge in [0.05, 0.1) is 6.54 Å². The molecule has 0 atom stereocenters. The number of nitrogens with zero attached hydrogens (tertiary/aromatic N) is 3. The Morgan fingerprint density at radius 1 is 1.12 bits per heavy atom. The van der Waals surface area contributed by atoms with Crippen LogP contribution in [0.1, 0.15) is 44.4 Å². The summed E-state index contributed by atoms with van der Waals surface area (Å²) in [6.45, 7) is 9.86. The number of carbonyl (C=O) groups excluding carboxylic acids is 1. The summed E-state index contributed by atoms with van der Waals surface area (Å²) in [7, 11) is 0. The van der Waals surface area contributed by atoms with Crippen molar-refractivity contribution in [2.24, 2.45) is 0 Å². The zero-order valence-electron chi connectivity index (χ0n) is 16.2. The number of fused-ring (bicyclic) bond motifs is 1. The smallest absolute Gasteiger partial charge is 0.248 e. The molecule has 2 fully saturated rings. The Balaban J connectivity index is 0.000000948. The van der Waals surface area contributed by atoms with E-state index in [4.69, 9.17) is 0 Å². The van der Waals surface area contributed by atoms with Crippen LogP contribution in [0.3, 0.4) is 0 Å². The van der Waals surface area contributed by atoms with Crippen LogP contribution < -0.4 is 5.56 Å². The van der Waals surface area contributed by atoms with E-state index < -0.39 is 0 Å². The third kappa shape index (κ3) is 4.35. The summed E-state index contributed by atoms with van der Waals surface area (Å²) in [4.78, 5) is 33.7. The number of pyridine rings is 1. The highest BCUT2D eigenvalue weighted by Crippen LogP contribution is 2.25. The third-order valence-electron chi connectivity index (χ3n) is 5.79. The van der Waals surface area contributed by atoms with Crippen LogP contribution in [-0.4, -0.2) is 70.9 Å². The second-order valence-corrected chi connectivity index (χ2v) is 7.29. The summed E-state index contributed by atoms with van der Waals surface area (Å²) in [5.74, 6) is 0.246. The second-order valence-electron chi connectivity index (χ2n) is 7.29. The minimum atomic E-state index is -0.0392. The van der Waals surface area contributed by atoms with Gasteiger partial charge >= 0.3 is 0 Å². The maximum absolute atomic E-state index is 12.6. The molecule has 0 unspecified atom stereocenters. The molecule has 1 aromatic heterocycles. The van der Waals surface area contributed by atoms with Crippen LogP contribution in [0.15, 0.2) is 16.9 Å². The molecular weight excluding hydrogens is 328 g/mol. The lowest BCUT2D eigenvalue weighted by molar-refractivity contribution is -0.135. The predicted octanol–water partition coefficient (Wildman–Crippen LogP) is 1.46. The zero-order chi connectivity index (χ0) is 18.5. The Labute approximate surface area is 156 Å². The average Bonchev–Trinajstić information content (AvgIpc) is 2.63. The van der Waals surface area contributed by atoms with E-state index in [0.29, 0.717) is 6.54 Å². The molecule has 0 radical (unpaired) electrons. The number of aromatic nitrogens is 1. The van der Waals surface area contributed by atoms with Gasteiger partial charge in [-0.25, -0.2) is 0 Å². The van der Waals surface area contributed by atoms with Crippen molar-refractivity contribution in [2.75, 3.05) is 39.3 Å². The predicted molar refractivity (Wildman–Crippen MR) is 103 cm³/mol. The van der Waals surface area contributed by atoms with Gasteiger partial charge in [-0.15, -0.1) is 0 Å². The van der Waals surface area contributed by atoms with E-state index >= 15 is 0 Å². The quantitative estimate of drug-likeness (QED) is 0.887. The van der Waals surface area contributed by atoms with Gasteiger partial charge in [-0.3, -0.25) is 19.4 Å². The van der Waals surface area contributed by atoms with Crippen LogP contribution >= 0.6 is 0 Å². The fourth-order valence-electron chi connectivity index (χ4n) is 4.02. The highest BCUT2D eigenvalue weighted by Gasteiger charge is 2.30. The second kappa shape index (κ2) is 8.82. The van der Waals surface area contributed by atoms with Gasteiger partial charge in [-0.2, -0.15) is 0 Å². The number of amides is 1. The lowest BCUT2D eigenvalue weighted by Gasteiger charge is -2.43. The average molecular weight is 361 g/mol. The lowest BCUT2D eigenvalue weighted by atomic mass is 9.91. The highest BCUT2D eigenvalue weighted by molar-refractivity contribution is 5.78. The molecule has 6 nitrogen and oxygen atoms in total. The summed E-state index contributed by atoms with van der Waals surface area (Å²) in [5, 5.41) is 0. The van der Waals surface area contributed by atoms with Crippen LogP contribution in [0.4, 0.5) is 0 Å². The topological polar surface area (TPSA) is 59.7 Å². The number of hydrogen-bond donors (Lipinski definition) is 1. The van der Waals surface area contributed by atoms with Crippen molar-refractivity contribution in [3.8, 4) is 0 Å². The Bertz CT molecular complexity index is 660. The maximum atomic E-state index is 12.6. The number of hydrogen-bond acceptors (Lipinski definition) is 4. The van der Waals surface area contributed by atoms with Crippen LogP contribution in [0, 0.1) is 0 Å². The molecule has 1 aliphatic carbocycles. The van der Waals surface area contributed by atoms with E-state index in [-0.39, 0.29) is 11.5 Å². The molecule has 3 aliphatic rings. The number of piperazine rings is 1. The fraction of sp³-hybridized carbons (Fsp3) is 0.700. The van der Waals surface area contributed by atoms with Gasteiger partial charge in [0.1, 0.15) is 0 Å². The van der Waals surface area contributed by atoms with Crippen molar-refractivity contribution in [2.45, 2.75) is 52.1 Å². The van der Waals surface area contributed by atoms with Crippen molar-refractivity contribution >= 4 is 5.91 Å². The normalized spacial score (nSPS) is 21.4. The first-order valence-corrected chi connectivity index (χ1v) is 10.1. The molecule has 26 heavy (non-hydrogen) atoms.